The summed E-state index contributed by atoms with van der Waals surface area (Å²) in [5, 5.41) is 13.4. The minimum Gasteiger partial charge on any atom is -0.462 e. The molecule has 1 heterocycles. The van der Waals surface area contributed by atoms with Gasteiger partial charge in [-0.05, 0) is 13.8 Å². The lowest BCUT2D eigenvalue weighted by Crippen LogP contribution is -2.12. The minimum absolute atomic E-state index is 0.00481. The van der Waals surface area contributed by atoms with Crippen LogP contribution < -0.4 is 5.32 Å². The highest BCUT2D eigenvalue weighted by Crippen LogP contribution is 2.34. The van der Waals surface area contributed by atoms with Gasteiger partial charge in [-0.3, -0.25) is 10.1 Å². The zero-order valence-corrected chi connectivity index (χ0v) is 10.7. The van der Waals surface area contributed by atoms with E-state index in [1.165, 1.54) is 0 Å². The molecule has 0 unspecified atom stereocenters. The number of halogens is 1. The van der Waals surface area contributed by atoms with Gasteiger partial charge in [-0.15, -0.1) is 0 Å². The number of anilines is 1. The second-order valence-corrected chi connectivity index (χ2v) is 3.55. The van der Waals surface area contributed by atoms with Crippen LogP contribution in [0.2, 0.25) is 5.15 Å². The van der Waals surface area contributed by atoms with Crippen molar-refractivity contribution in [3.8, 4) is 0 Å². The van der Waals surface area contributed by atoms with Gasteiger partial charge in [0.15, 0.2) is 0 Å². The van der Waals surface area contributed by atoms with E-state index >= 15 is 0 Å². The maximum atomic E-state index is 11.7. The highest BCUT2D eigenvalue weighted by atomic mass is 35.5. The van der Waals surface area contributed by atoms with Gasteiger partial charge in [0.1, 0.15) is 11.3 Å². The molecule has 8 heteroatoms. The molecule has 0 radical (unpaired) electrons. The SMILES string of the molecule is CCNc1c(C(=O)OCC)cnc(Cl)c1[N+](=O)[O-]. The predicted octanol–water partition coefficient (Wildman–Crippen LogP) is 2.25. The Balaban J connectivity index is 3.38. The fraction of sp³-hybridized carbons (Fsp3) is 0.400. The number of aromatic nitrogens is 1. The van der Waals surface area contributed by atoms with Crippen LogP contribution in [0.1, 0.15) is 24.2 Å². The van der Waals surface area contributed by atoms with Crippen molar-refractivity contribution in [2.24, 2.45) is 0 Å². The van der Waals surface area contributed by atoms with E-state index in [1.54, 1.807) is 13.8 Å². The van der Waals surface area contributed by atoms with Gasteiger partial charge in [-0.2, -0.15) is 0 Å². The molecule has 0 bridgehead atoms. The summed E-state index contributed by atoms with van der Waals surface area (Å²) in [6.07, 6.45) is 1.16. The molecule has 0 spiro atoms. The van der Waals surface area contributed by atoms with Crippen LogP contribution in [0.15, 0.2) is 6.20 Å². The van der Waals surface area contributed by atoms with Crippen LogP contribution in [0.3, 0.4) is 0 Å². The van der Waals surface area contributed by atoms with Crippen LogP contribution in [-0.4, -0.2) is 29.0 Å². The maximum Gasteiger partial charge on any atom is 0.342 e. The van der Waals surface area contributed by atoms with E-state index in [0.29, 0.717) is 6.54 Å². The van der Waals surface area contributed by atoms with E-state index in [2.05, 4.69) is 10.3 Å². The van der Waals surface area contributed by atoms with E-state index in [4.69, 9.17) is 16.3 Å². The molecule has 0 fully saturated rings. The molecule has 0 aromatic carbocycles. The molecular formula is C10H12ClN3O4. The summed E-state index contributed by atoms with van der Waals surface area (Å²) in [6, 6.07) is 0. The van der Waals surface area contributed by atoms with E-state index in [-0.39, 0.29) is 23.0 Å². The second kappa shape index (κ2) is 6.15. The third kappa shape index (κ3) is 2.86. The molecule has 0 atom stereocenters. The van der Waals surface area contributed by atoms with Crippen LogP contribution in [-0.2, 0) is 4.74 Å². The van der Waals surface area contributed by atoms with Crippen molar-refractivity contribution in [2.75, 3.05) is 18.5 Å². The number of carbonyl (C=O) groups is 1. The molecule has 7 nitrogen and oxygen atoms in total. The molecule has 0 aliphatic heterocycles. The average Bonchev–Trinajstić information content (AvgIpc) is 2.29. The summed E-state index contributed by atoms with van der Waals surface area (Å²) in [4.78, 5) is 25.5. The molecule has 98 valence electrons. The normalized spacial score (nSPS) is 9.94. The van der Waals surface area contributed by atoms with Crippen LogP contribution >= 0.6 is 11.6 Å². The number of carbonyl (C=O) groups excluding carboxylic acids is 1. The number of nitrogens with zero attached hydrogens (tertiary/aromatic N) is 2. The fourth-order valence-electron chi connectivity index (χ4n) is 1.36. The first-order chi connectivity index (χ1) is 8.52. The summed E-state index contributed by atoms with van der Waals surface area (Å²) in [7, 11) is 0. The second-order valence-electron chi connectivity index (χ2n) is 3.19. The van der Waals surface area contributed by atoms with Gasteiger partial charge in [0.25, 0.3) is 0 Å². The highest BCUT2D eigenvalue weighted by Gasteiger charge is 2.27. The first kappa shape index (κ1) is 14.2. The summed E-state index contributed by atoms with van der Waals surface area (Å²) in [5.74, 6) is -0.680. The maximum absolute atomic E-state index is 11.7. The number of esters is 1. The van der Waals surface area contributed by atoms with Crippen molar-refractivity contribution in [1.29, 1.82) is 0 Å². The molecular weight excluding hydrogens is 262 g/mol. The van der Waals surface area contributed by atoms with Gasteiger partial charge in [-0.25, -0.2) is 9.78 Å². The molecule has 18 heavy (non-hydrogen) atoms. The summed E-state index contributed by atoms with van der Waals surface area (Å²) < 4.78 is 4.80. The number of nitro groups is 1. The molecule has 0 saturated heterocycles. The Morgan fingerprint density at radius 1 is 1.61 bits per heavy atom. The minimum atomic E-state index is -0.684. The number of ether oxygens (including phenoxy) is 1. The number of rotatable bonds is 5. The monoisotopic (exact) mass is 273 g/mol. The van der Waals surface area contributed by atoms with Gasteiger partial charge in [0.05, 0.1) is 11.5 Å². The van der Waals surface area contributed by atoms with Crippen LogP contribution in [0, 0.1) is 10.1 Å². The molecule has 0 aliphatic carbocycles. The zero-order chi connectivity index (χ0) is 13.7. The van der Waals surface area contributed by atoms with Crippen molar-refractivity contribution in [3.05, 3.63) is 27.0 Å². The Bertz CT molecular complexity index is 478. The molecule has 1 N–H and O–H groups in total. The van der Waals surface area contributed by atoms with Crippen molar-refractivity contribution in [3.63, 3.8) is 0 Å². The molecule has 1 aromatic heterocycles. The van der Waals surface area contributed by atoms with Crippen molar-refractivity contribution in [1.82, 2.24) is 4.98 Å². The number of nitrogens with one attached hydrogen (secondary N) is 1. The lowest BCUT2D eigenvalue weighted by atomic mass is 10.2. The standard InChI is InChI=1S/C10H12ClN3O4/c1-3-12-7-6(10(15)18-4-2)5-13-9(11)8(7)14(16)17/h5H,3-4H2,1-2H3,(H,12,13). The third-order valence-corrected chi connectivity index (χ3v) is 2.32. The van der Waals surface area contributed by atoms with E-state index in [9.17, 15) is 14.9 Å². The molecule has 0 amide bonds. The topological polar surface area (TPSA) is 94.4 Å². The van der Waals surface area contributed by atoms with Gasteiger partial charge in [0.2, 0.25) is 5.15 Å². The molecule has 0 saturated carbocycles. The van der Waals surface area contributed by atoms with Crippen LogP contribution in [0.4, 0.5) is 11.4 Å². The molecule has 0 aliphatic rings. The number of hydrogen-bond acceptors (Lipinski definition) is 6. The zero-order valence-electron chi connectivity index (χ0n) is 9.90. The van der Waals surface area contributed by atoms with Gasteiger partial charge in [0, 0.05) is 12.7 Å². The summed E-state index contributed by atoms with van der Waals surface area (Å²) in [6.45, 7) is 3.95. The number of hydrogen-bond donors (Lipinski definition) is 1. The average molecular weight is 274 g/mol. The largest absolute Gasteiger partial charge is 0.462 e. The van der Waals surface area contributed by atoms with Gasteiger partial charge < -0.3 is 10.1 Å². The Labute approximate surface area is 108 Å². The van der Waals surface area contributed by atoms with E-state index in [0.717, 1.165) is 6.20 Å². The first-order valence-corrected chi connectivity index (χ1v) is 5.64. The Morgan fingerprint density at radius 2 is 2.28 bits per heavy atom. The fourth-order valence-corrected chi connectivity index (χ4v) is 1.58. The smallest absolute Gasteiger partial charge is 0.342 e. The Kier molecular flexibility index (Phi) is 4.85. The predicted molar refractivity (Wildman–Crippen MR) is 66.0 cm³/mol. The van der Waals surface area contributed by atoms with Gasteiger partial charge >= 0.3 is 11.7 Å². The molecule has 1 rings (SSSR count). The summed E-state index contributed by atoms with van der Waals surface area (Å²) in [5.41, 5.74) is -0.403. The quantitative estimate of drug-likeness (QED) is 0.383. The Morgan fingerprint density at radius 3 is 2.78 bits per heavy atom. The van der Waals surface area contributed by atoms with E-state index < -0.39 is 16.6 Å². The van der Waals surface area contributed by atoms with Gasteiger partial charge in [-0.1, -0.05) is 11.6 Å². The highest BCUT2D eigenvalue weighted by molar-refractivity contribution is 6.32. The van der Waals surface area contributed by atoms with Crippen LogP contribution in [0.25, 0.3) is 0 Å². The van der Waals surface area contributed by atoms with E-state index in [1.807, 2.05) is 0 Å². The summed E-state index contributed by atoms with van der Waals surface area (Å²) >= 11 is 5.67. The number of pyridine rings is 1. The lowest BCUT2D eigenvalue weighted by Gasteiger charge is -2.10. The Hall–Kier alpha value is -1.89. The first-order valence-electron chi connectivity index (χ1n) is 5.26. The van der Waals surface area contributed by atoms with Crippen molar-refractivity contribution >= 4 is 28.9 Å². The van der Waals surface area contributed by atoms with Crippen molar-refractivity contribution in [2.45, 2.75) is 13.8 Å². The van der Waals surface area contributed by atoms with Crippen molar-refractivity contribution < 1.29 is 14.5 Å². The third-order valence-electron chi connectivity index (χ3n) is 2.04. The lowest BCUT2D eigenvalue weighted by molar-refractivity contribution is -0.384. The molecule has 1 aromatic rings. The van der Waals surface area contributed by atoms with Crippen LogP contribution in [0.5, 0.6) is 0 Å².